The molecule has 2 aromatic carbocycles. The third kappa shape index (κ3) is 4.09. The second kappa shape index (κ2) is 7.46. The SMILES string of the molecule is O=C(c1ccc(Br)cc1)N(CCCl)Cc1ccccc1. The van der Waals surface area contributed by atoms with Gasteiger partial charge in [0.05, 0.1) is 0 Å². The number of hydrogen-bond donors (Lipinski definition) is 0. The van der Waals surface area contributed by atoms with Gasteiger partial charge in [0, 0.05) is 29.0 Å². The van der Waals surface area contributed by atoms with Gasteiger partial charge >= 0.3 is 0 Å². The second-order valence-corrected chi connectivity index (χ2v) is 5.70. The molecule has 0 saturated carbocycles. The minimum atomic E-state index is 0.00185. The highest BCUT2D eigenvalue weighted by atomic mass is 79.9. The van der Waals surface area contributed by atoms with E-state index in [0.717, 1.165) is 10.0 Å². The van der Waals surface area contributed by atoms with Crippen LogP contribution in [-0.4, -0.2) is 23.2 Å². The third-order valence-electron chi connectivity index (χ3n) is 2.95. The molecular weight excluding hydrogens is 338 g/mol. The van der Waals surface area contributed by atoms with E-state index in [-0.39, 0.29) is 5.91 Å². The summed E-state index contributed by atoms with van der Waals surface area (Å²) in [6.07, 6.45) is 0. The van der Waals surface area contributed by atoms with E-state index in [0.29, 0.717) is 24.5 Å². The van der Waals surface area contributed by atoms with Gasteiger partial charge in [0.25, 0.3) is 5.91 Å². The lowest BCUT2D eigenvalue weighted by molar-refractivity contribution is 0.0753. The first-order chi connectivity index (χ1) is 9.70. The lowest BCUT2D eigenvalue weighted by Crippen LogP contribution is -2.32. The molecule has 0 unspecified atom stereocenters. The minimum absolute atomic E-state index is 0.00185. The monoisotopic (exact) mass is 351 g/mol. The van der Waals surface area contributed by atoms with Crippen molar-refractivity contribution in [3.05, 3.63) is 70.2 Å². The maximum atomic E-state index is 12.5. The Hall–Kier alpha value is -1.32. The van der Waals surface area contributed by atoms with Gasteiger partial charge < -0.3 is 4.90 Å². The van der Waals surface area contributed by atoms with Crippen molar-refractivity contribution in [1.29, 1.82) is 0 Å². The number of rotatable bonds is 5. The Bertz CT molecular complexity index is 556. The summed E-state index contributed by atoms with van der Waals surface area (Å²) in [6.45, 7) is 1.10. The molecule has 0 radical (unpaired) electrons. The zero-order valence-corrected chi connectivity index (χ0v) is 13.3. The Morgan fingerprint density at radius 3 is 2.30 bits per heavy atom. The van der Waals surface area contributed by atoms with Gasteiger partial charge in [0.15, 0.2) is 0 Å². The molecule has 0 aromatic heterocycles. The summed E-state index contributed by atoms with van der Waals surface area (Å²) in [5, 5.41) is 0. The number of amides is 1. The van der Waals surface area contributed by atoms with Gasteiger partial charge in [-0.15, -0.1) is 11.6 Å². The molecule has 0 N–H and O–H groups in total. The number of alkyl halides is 1. The van der Waals surface area contributed by atoms with Crippen molar-refractivity contribution in [2.75, 3.05) is 12.4 Å². The first-order valence-electron chi connectivity index (χ1n) is 6.35. The van der Waals surface area contributed by atoms with Crippen molar-refractivity contribution in [3.8, 4) is 0 Å². The molecule has 0 fully saturated rings. The fourth-order valence-electron chi connectivity index (χ4n) is 1.93. The zero-order valence-electron chi connectivity index (χ0n) is 10.9. The van der Waals surface area contributed by atoms with Gasteiger partial charge in [-0.05, 0) is 29.8 Å². The summed E-state index contributed by atoms with van der Waals surface area (Å²) >= 11 is 9.19. The molecule has 0 spiro atoms. The number of benzene rings is 2. The van der Waals surface area contributed by atoms with Crippen molar-refractivity contribution in [2.45, 2.75) is 6.54 Å². The molecule has 2 nitrogen and oxygen atoms in total. The highest BCUT2D eigenvalue weighted by molar-refractivity contribution is 9.10. The fourth-order valence-corrected chi connectivity index (χ4v) is 2.40. The Balaban J connectivity index is 2.15. The van der Waals surface area contributed by atoms with Crippen LogP contribution in [0.3, 0.4) is 0 Å². The Kier molecular flexibility index (Phi) is 5.62. The summed E-state index contributed by atoms with van der Waals surface area (Å²) in [6, 6.07) is 17.3. The molecule has 0 bridgehead atoms. The van der Waals surface area contributed by atoms with Gasteiger partial charge in [0.2, 0.25) is 0 Å². The van der Waals surface area contributed by atoms with E-state index in [1.54, 1.807) is 4.90 Å². The van der Waals surface area contributed by atoms with Crippen LogP contribution in [0, 0.1) is 0 Å². The lowest BCUT2D eigenvalue weighted by Gasteiger charge is -2.22. The summed E-state index contributed by atoms with van der Waals surface area (Å²) in [7, 11) is 0. The smallest absolute Gasteiger partial charge is 0.254 e. The van der Waals surface area contributed by atoms with E-state index in [2.05, 4.69) is 15.9 Å². The summed E-state index contributed by atoms with van der Waals surface area (Å²) in [4.78, 5) is 14.3. The topological polar surface area (TPSA) is 20.3 Å². The largest absolute Gasteiger partial charge is 0.333 e. The van der Waals surface area contributed by atoms with E-state index < -0.39 is 0 Å². The number of halogens is 2. The Morgan fingerprint density at radius 1 is 1.05 bits per heavy atom. The maximum absolute atomic E-state index is 12.5. The van der Waals surface area contributed by atoms with Crippen LogP contribution in [0.15, 0.2) is 59.1 Å². The van der Waals surface area contributed by atoms with Crippen LogP contribution < -0.4 is 0 Å². The molecule has 104 valence electrons. The molecule has 20 heavy (non-hydrogen) atoms. The van der Waals surface area contributed by atoms with E-state index in [4.69, 9.17) is 11.6 Å². The van der Waals surface area contributed by atoms with Crippen molar-refractivity contribution in [3.63, 3.8) is 0 Å². The summed E-state index contributed by atoms with van der Waals surface area (Å²) in [5.41, 5.74) is 1.78. The first kappa shape index (κ1) is 15.1. The van der Waals surface area contributed by atoms with Crippen LogP contribution in [0.1, 0.15) is 15.9 Å². The molecule has 0 saturated heterocycles. The van der Waals surface area contributed by atoms with Crippen molar-refractivity contribution in [2.24, 2.45) is 0 Å². The van der Waals surface area contributed by atoms with Crippen LogP contribution in [0.5, 0.6) is 0 Å². The average Bonchev–Trinajstić information content (AvgIpc) is 2.48. The molecule has 0 atom stereocenters. The average molecular weight is 353 g/mol. The van der Waals surface area contributed by atoms with E-state index in [1.807, 2.05) is 54.6 Å². The predicted octanol–water partition coefficient (Wildman–Crippen LogP) is 4.33. The van der Waals surface area contributed by atoms with Gasteiger partial charge in [-0.1, -0.05) is 46.3 Å². The molecular formula is C16H15BrClNO. The standard InChI is InChI=1S/C16H15BrClNO/c17-15-8-6-14(7-9-15)16(20)19(11-10-18)12-13-4-2-1-3-5-13/h1-9H,10-12H2. The quantitative estimate of drug-likeness (QED) is 0.733. The molecule has 0 heterocycles. The highest BCUT2D eigenvalue weighted by Gasteiger charge is 2.15. The number of carbonyl (C=O) groups is 1. The number of hydrogen-bond acceptors (Lipinski definition) is 1. The normalized spacial score (nSPS) is 10.3. The Morgan fingerprint density at radius 2 is 1.70 bits per heavy atom. The first-order valence-corrected chi connectivity index (χ1v) is 7.68. The van der Waals surface area contributed by atoms with Crippen LogP contribution >= 0.6 is 27.5 Å². The van der Waals surface area contributed by atoms with Crippen molar-refractivity contribution >= 4 is 33.4 Å². The van der Waals surface area contributed by atoms with Crippen molar-refractivity contribution in [1.82, 2.24) is 4.90 Å². The molecule has 2 aromatic rings. The molecule has 0 aliphatic carbocycles. The van der Waals surface area contributed by atoms with Gasteiger partial charge in [0.1, 0.15) is 0 Å². The van der Waals surface area contributed by atoms with E-state index in [1.165, 1.54) is 0 Å². The Labute approximate surface area is 132 Å². The lowest BCUT2D eigenvalue weighted by atomic mass is 10.1. The van der Waals surface area contributed by atoms with Gasteiger partial charge in [-0.3, -0.25) is 4.79 Å². The third-order valence-corrected chi connectivity index (χ3v) is 3.65. The van der Waals surface area contributed by atoms with Crippen LogP contribution in [-0.2, 0) is 6.54 Å². The molecule has 2 rings (SSSR count). The van der Waals surface area contributed by atoms with E-state index >= 15 is 0 Å². The molecule has 0 aliphatic heterocycles. The zero-order chi connectivity index (χ0) is 14.4. The second-order valence-electron chi connectivity index (χ2n) is 4.41. The van der Waals surface area contributed by atoms with Crippen LogP contribution in [0.2, 0.25) is 0 Å². The molecule has 1 amide bonds. The molecule has 0 aliphatic rings. The van der Waals surface area contributed by atoms with Crippen molar-refractivity contribution < 1.29 is 4.79 Å². The van der Waals surface area contributed by atoms with E-state index in [9.17, 15) is 4.79 Å². The number of nitrogens with zero attached hydrogens (tertiary/aromatic N) is 1. The molecule has 4 heteroatoms. The highest BCUT2D eigenvalue weighted by Crippen LogP contribution is 2.14. The maximum Gasteiger partial charge on any atom is 0.254 e. The summed E-state index contributed by atoms with van der Waals surface area (Å²) in [5.74, 6) is 0.428. The summed E-state index contributed by atoms with van der Waals surface area (Å²) < 4.78 is 0.959. The van der Waals surface area contributed by atoms with Gasteiger partial charge in [-0.2, -0.15) is 0 Å². The fraction of sp³-hybridized carbons (Fsp3) is 0.188. The number of carbonyl (C=O) groups excluding carboxylic acids is 1. The minimum Gasteiger partial charge on any atom is -0.333 e. The predicted molar refractivity (Wildman–Crippen MR) is 86.0 cm³/mol. The van der Waals surface area contributed by atoms with Gasteiger partial charge in [-0.25, -0.2) is 0 Å². The van der Waals surface area contributed by atoms with Crippen LogP contribution in [0.4, 0.5) is 0 Å². The van der Waals surface area contributed by atoms with Crippen LogP contribution in [0.25, 0.3) is 0 Å².